The lowest BCUT2D eigenvalue weighted by atomic mass is 9.95. The van der Waals surface area contributed by atoms with Crippen LogP contribution in [-0.2, 0) is 4.79 Å². The van der Waals surface area contributed by atoms with E-state index in [4.69, 9.17) is 4.42 Å². The largest absolute Gasteiger partial charge is 0.418 e. The van der Waals surface area contributed by atoms with Gasteiger partial charge in [-0.3, -0.25) is 9.69 Å². The highest BCUT2D eigenvalue weighted by Gasteiger charge is 2.30. The maximum atomic E-state index is 12.5. The molecule has 1 fully saturated rings. The number of amides is 1. The summed E-state index contributed by atoms with van der Waals surface area (Å²) in [6.45, 7) is 5.68. The van der Waals surface area contributed by atoms with E-state index in [-0.39, 0.29) is 17.9 Å². The van der Waals surface area contributed by atoms with E-state index in [1.807, 2.05) is 36.6 Å². The van der Waals surface area contributed by atoms with E-state index in [0.29, 0.717) is 17.6 Å². The quantitative estimate of drug-likeness (QED) is 0.703. The fourth-order valence-corrected chi connectivity index (χ4v) is 4.02. The number of thiophene rings is 1. The van der Waals surface area contributed by atoms with Crippen LogP contribution in [0.1, 0.15) is 37.3 Å². The SMILES string of the molecule is Cc1ccc(NC(=O)C2CCN(C(C)c3nnc(-c4cccs4)o3)CC2)nc1. The smallest absolute Gasteiger partial charge is 0.257 e. The Morgan fingerprint density at radius 1 is 1.29 bits per heavy atom. The zero-order chi connectivity index (χ0) is 19.5. The maximum Gasteiger partial charge on any atom is 0.257 e. The van der Waals surface area contributed by atoms with E-state index >= 15 is 0 Å². The minimum atomic E-state index is -0.00378. The summed E-state index contributed by atoms with van der Waals surface area (Å²) < 4.78 is 5.86. The molecule has 1 saturated heterocycles. The standard InChI is InChI=1S/C20H23N5O2S/c1-13-5-6-17(21-12-13)22-18(26)15-7-9-25(10-8-15)14(2)19-23-24-20(27-19)16-4-3-11-28-16/h3-6,11-12,14-15H,7-10H2,1-2H3,(H,21,22,26). The molecule has 0 bridgehead atoms. The average Bonchev–Trinajstić information content (AvgIpc) is 3.41. The van der Waals surface area contributed by atoms with Crippen molar-refractivity contribution in [2.75, 3.05) is 18.4 Å². The third-order valence-electron chi connectivity index (χ3n) is 5.14. The van der Waals surface area contributed by atoms with E-state index in [1.165, 1.54) is 0 Å². The van der Waals surface area contributed by atoms with Crippen molar-refractivity contribution in [2.45, 2.75) is 32.7 Å². The molecule has 1 N–H and O–H groups in total. The molecular weight excluding hydrogens is 374 g/mol. The second kappa shape index (κ2) is 8.20. The van der Waals surface area contributed by atoms with Gasteiger partial charge in [0.2, 0.25) is 11.8 Å². The minimum absolute atomic E-state index is 0.00378. The predicted molar refractivity (Wildman–Crippen MR) is 108 cm³/mol. The lowest BCUT2D eigenvalue weighted by Gasteiger charge is -2.33. The van der Waals surface area contributed by atoms with E-state index in [2.05, 4.69) is 32.3 Å². The predicted octanol–water partition coefficient (Wildman–Crippen LogP) is 3.91. The number of piperidine rings is 1. The summed E-state index contributed by atoms with van der Waals surface area (Å²) in [5.41, 5.74) is 1.07. The minimum Gasteiger partial charge on any atom is -0.418 e. The third-order valence-corrected chi connectivity index (χ3v) is 6.00. The number of nitrogens with one attached hydrogen (secondary N) is 1. The number of pyridine rings is 1. The van der Waals surface area contributed by atoms with Gasteiger partial charge in [-0.2, -0.15) is 0 Å². The molecule has 0 aromatic carbocycles. The highest BCUT2D eigenvalue weighted by atomic mass is 32.1. The summed E-state index contributed by atoms with van der Waals surface area (Å²) in [5.74, 6) is 1.84. The molecular formula is C20H23N5O2S. The topological polar surface area (TPSA) is 84.2 Å². The summed E-state index contributed by atoms with van der Waals surface area (Å²) in [4.78, 5) is 20.0. The van der Waals surface area contributed by atoms with Crippen LogP contribution in [0.25, 0.3) is 10.8 Å². The van der Waals surface area contributed by atoms with Crippen LogP contribution in [0.15, 0.2) is 40.3 Å². The Morgan fingerprint density at radius 3 is 2.79 bits per heavy atom. The summed E-state index contributed by atoms with van der Waals surface area (Å²) in [6, 6.07) is 7.76. The summed E-state index contributed by atoms with van der Waals surface area (Å²) in [6.07, 6.45) is 3.36. The van der Waals surface area contributed by atoms with Crippen LogP contribution >= 0.6 is 11.3 Å². The van der Waals surface area contributed by atoms with Gasteiger partial charge >= 0.3 is 0 Å². The number of carbonyl (C=O) groups is 1. The molecule has 0 radical (unpaired) electrons. The number of carbonyl (C=O) groups excluding carboxylic acids is 1. The van der Waals surface area contributed by atoms with E-state index in [0.717, 1.165) is 36.4 Å². The first-order chi connectivity index (χ1) is 13.6. The molecule has 3 aromatic heterocycles. The molecule has 1 aliphatic heterocycles. The molecule has 4 heterocycles. The van der Waals surface area contributed by atoms with Crippen molar-refractivity contribution in [3.8, 4) is 10.8 Å². The van der Waals surface area contributed by atoms with Crippen LogP contribution in [-0.4, -0.2) is 39.1 Å². The summed E-state index contributed by atoms with van der Waals surface area (Å²) in [5, 5.41) is 13.3. The molecule has 0 spiro atoms. The summed E-state index contributed by atoms with van der Waals surface area (Å²) >= 11 is 1.58. The van der Waals surface area contributed by atoms with Crippen molar-refractivity contribution in [2.24, 2.45) is 5.92 Å². The van der Waals surface area contributed by atoms with E-state index < -0.39 is 0 Å². The zero-order valence-electron chi connectivity index (χ0n) is 16.0. The first-order valence-electron chi connectivity index (χ1n) is 9.45. The fourth-order valence-electron chi connectivity index (χ4n) is 3.38. The van der Waals surface area contributed by atoms with Gasteiger partial charge in [-0.05, 0) is 62.9 Å². The van der Waals surface area contributed by atoms with E-state index in [9.17, 15) is 4.79 Å². The molecule has 3 aromatic rings. The van der Waals surface area contributed by atoms with Crippen molar-refractivity contribution in [3.05, 3.63) is 47.3 Å². The monoisotopic (exact) mass is 397 g/mol. The zero-order valence-corrected chi connectivity index (χ0v) is 16.8. The number of nitrogens with zero attached hydrogens (tertiary/aromatic N) is 4. The average molecular weight is 398 g/mol. The van der Waals surface area contributed by atoms with Gasteiger partial charge in [0.25, 0.3) is 5.89 Å². The molecule has 1 atom stereocenters. The molecule has 0 saturated carbocycles. The van der Waals surface area contributed by atoms with Gasteiger partial charge in [-0.25, -0.2) is 4.98 Å². The third kappa shape index (κ3) is 4.13. The number of rotatable bonds is 5. The Labute approximate surface area is 167 Å². The number of likely N-dealkylation sites (tertiary alicyclic amines) is 1. The molecule has 4 rings (SSSR count). The van der Waals surface area contributed by atoms with Crippen LogP contribution in [0.2, 0.25) is 0 Å². The summed E-state index contributed by atoms with van der Waals surface area (Å²) in [7, 11) is 0. The van der Waals surface area contributed by atoms with Crippen molar-refractivity contribution >= 4 is 23.1 Å². The van der Waals surface area contributed by atoms with Crippen molar-refractivity contribution in [3.63, 3.8) is 0 Å². The molecule has 28 heavy (non-hydrogen) atoms. The van der Waals surface area contributed by atoms with Gasteiger partial charge < -0.3 is 9.73 Å². The molecule has 1 aliphatic rings. The first kappa shape index (κ1) is 18.8. The Kier molecular flexibility index (Phi) is 5.50. The van der Waals surface area contributed by atoms with Crippen LogP contribution in [0.5, 0.6) is 0 Å². The second-order valence-electron chi connectivity index (χ2n) is 7.12. The van der Waals surface area contributed by atoms with Gasteiger partial charge in [0.15, 0.2) is 0 Å². The van der Waals surface area contributed by atoms with Gasteiger partial charge in [0.1, 0.15) is 5.82 Å². The second-order valence-corrected chi connectivity index (χ2v) is 8.07. The van der Waals surface area contributed by atoms with Gasteiger partial charge in [-0.1, -0.05) is 12.1 Å². The Morgan fingerprint density at radius 2 is 2.11 bits per heavy atom. The molecule has 146 valence electrons. The molecule has 0 aliphatic carbocycles. The molecule has 1 amide bonds. The lowest BCUT2D eigenvalue weighted by Crippen LogP contribution is -2.39. The molecule has 1 unspecified atom stereocenters. The highest BCUT2D eigenvalue weighted by molar-refractivity contribution is 7.13. The lowest BCUT2D eigenvalue weighted by molar-refractivity contribution is -0.121. The maximum absolute atomic E-state index is 12.5. The van der Waals surface area contributed by atoms with Crippen LogP contribution in [0.4, 0.5) is 5.82 Å². The van der Waals surface area contributed by atoms with Crippen molar-refractivity contribution in [1.29, 1.82) is 0 Å². The normalized spacial score (nSPS) is 16.8. The molecule has 7 nitrogen and oxygen atoms in total. The highest BCUT2D eigenvalue weighted by Crippen LogP contribution is 2.29. The molecule has 8 heteroatoms. The van der Waals surface area contributed by atoms with Crippen LogP contribution in [0, 0.1) is 12.8 Å². The number of aromatic nitrogens is 3. The van der Waals surface area contributed by atoms with Crippen molar-refractivity contribution < 1.29 is 9.21 Å². The first-order valence-corrected chi connectivity index (χ1v) is 10.3. The van der Waals surface area contributed by atoms with Gasteiger partial charge in [0, 0.05) is 12.1 Å². The fraction of sp³-hybridized carbons (Fsp3) is 0.400. The number of anilines is 1. The van der Waals surface area contributed by atoms with Crippen LogP contribution < -0.4 is 5.32 Å². The van der Waals surface area contributed by atoms with Crippen molar-refractivity contribution in [1.82, 2.24) is 20.1 Å². The van der Waals surface area contributed by atoms with Gasteiger partial charge in [-0.15, -0.1) is 21.5 Å². The number of hydrogen-bond donors (Lipinski definition) is 1. The Hall–Kier alpha value is -2.58. The number of hydrogen-bond acceptors (Lipinski definition) is 7. The number of aryl methyl sites for hydroxylation is 1. The van der Waals surface area contributed by atoms with E-state index in [1.54, 1.807) is 17.5 Å². The van der Waals surface area contributed by atoms with Crippen LogP contribution in [0.3, 0.4) is 0 Å². The Bertz CT molecular complexity index is 914. The Balaban J connectivity index is 1.32. The van der Waals surface area contributed by atoms with Gasteiger partial charge in [0.05, 0.1) is 10.9 Å².